The van der Waals surface area contributed by atoms with Gasteiger partial charge in [0.2, 0.25) is 0 Å². The van der Waals surface area contributed by atoms with Gasteiger partial charge in [0, 0.05) is 18.3 Å². The van der Waals surface area contributed by atoms with E-state index in [9.17, 15) is 4.39 Å². The van der Waals surface area contributed by atoms with Crippen molar-refractivity contribution in [3.63, 3.8) is 0 Å². The molecule has 0 N–H and O–H groups in total. The summed E-state index contributed by atoms with van der Waals surface area (Å²) in [6.45, 7) is 0.998. The molecule has 0 amide bonds. The van der Waals surface area contributed by atoms with Gasteiger partial charge in [-0.15, -0.1) is 0 Å². The van der Waals surface area contributed by atoms with Gasteiger partial charge in [0.25, 0.3) is 0 Å². The third-order valence-corrected chi connectivity index (χ3v) is 6.35. The lowest BCUT2D eigenvalue weighted by atomic mass is 10.2. The van der Waals surface area contributed by atoms with Crippen LogP contribution in [0.5, 0.6) is 0 Å². The van der Waals surface area contributed by atoms with E-state index in [0.29, 0.717) is 26.4 Å². The Morgan fingerprint density at radius 1 is 1.43 bits per heavy atom. The first kappa shape index (κ1) is 14.1. The summed E-state index contributed by atoms with van der Waals surface area (Å²) in [5, 5.41) is 1.16. The van der Waals surface area contributed by atoms with Crippen LogP contribution >= 0.6 is 46.3 Å². The van der Waals surface area contributed by atoms with Crippen molar-refractivity contribution in [2.75, 3.05) is 12.3 Å². The van der Waals surface area contributed by atoms with Gasteiger partial charge in [-0.25, -0.2) is 14.4 Å². The molecule has 0 aliphatic carbocycles. The fourth-order valence-electron chi connectivity index (χ4n) is 2.78. The predicted octanol–water partition coefficient (Wildman–Crippen LogP) is 4.94. The first-order valence-electron chi connectivity index (χ1n) is 6.55. The van der Waals surface area contributed by atoms with E-state index in [1.807, 2.05) is 0 Å². The first-order valence-corrected chi connectivity index (χ1v) is 9.11. The minimum atomic E-state index is -0.427. The molecule has 2 aliphatic rings. The number of aliphatic imine (C=N–C) groups is 1. The van der Waals surface area contributed by atoms with Crippen LogP contribution in [0.1, 0.15) is 12.8 Å². The summed E-state index contributed by atoms with van der Waals surface area (Å²) in [5.41, 5.74) is 0.822. The fourth-order valence-corrected chi connectivity index (χ4v) is 5.44. The van der Waals surface area contributed by atoms with Crippen LogP contribution in [0.3, 0.4) is 0 Å². The van der Waals surface area contributed by atoms with E-state index in [1.165, 1.54) is 30.2 Å². The Morgan fingerprint density at radius 2 is 2.29 bits per heavy atom. The van der Waals surface area contributed by atoms with E-state index in [0.717, 1.165) is 17.5 Å². The minimum Gasteiger partial charge on any atom is -0.347 e. The molecule has 1 aromatic heterocycles. The first-order chi connectivity index (χ1) is 10.1. The number of thiazole rings is 1. The molecule has 2 aliphatic heterocycles. The van der Waals surface area contributed by atoms with E-state index in [2.05, 4.69) is 14.9 Å². The second-order valence-electron chi connectivity index (χ2n) is 5.03. The van der Waals surface area contributed by atoms with E-state index in [-0.39, 0.29) is 5.02 Å². The Balaban J connectivity index is 1.87. The van der Waals surface area contributed by atoms with E-state index in [1.54, 1.807) is 11.8 Å². The number of fused-ring (bicyclic) bond motifs is 2. The Labute approximate surface area is 139 Å². The lowest BCUT2D eigenvalue weighted by Crippen LogP contribution is -2.27. The molecule has 21 heavy (non-hydrogen) atoms. The molecule has 3 heterocycles. The summed E-state index contributed by atoms with van der Waals surface area (Å²) >= 11 is 14.9. The number of hydrogen-bond donors (Lipinski definition) is 0. The topological polar surface area (TPSA) is 28.5 Å². The number of amidine groups is 1. The summed E-state index contributed by atoms with van der Waals surface area (Å²) in [7, 11) is 0. The van der Waals surface area contributed by atoms with Crippen LogP contribution in [-0.2, 0) is 0 Å². The lowest BCUT2D eigenvalue weighted by molar-refractivity contribution is 0.439. The third kappa shape index (κ3) is 2.32. The molecule has 3 nitrogen and oxygen atoms in total. The summed E-state index contributed by atoms with van der Waals surface area (Å²) < 4.78 is 15.3. The van der Waals surface area contributed by atoms with Crippen molar-refractivity contribution >= 4 is 67.4 Å². The largest absolute Gasteiger partial charge is 0.347 e. The number of aromatic nitrogens is 1. The highest BCUT2D eigenvalue weighted by Gasteiger charge is 2.34. The van der Waals surface area contributed by atoms with Gasteiger partial charge in [-0.1, -0.05) is 46.3 Å². The number of halogens is 3. The Morgan fingerprint density at radius 3 is 3.14 bits per heavy atom. The van der Waals surface area contributed by atoms with Crippen molar-refractivity contribution in [3.8, 4) is 0 Å². The highest BCUT2D eigenvalue weighted by atomic mass is 35.5. The highest BCUT2D eigenvalue weighted by Crippen LogP contribution is 2.41. The van der Waals surface area contributed by atoms with Gasteiger partial charge in [0.15, 0.2) is 15.5 Å². The second kappa shape index (κ2) is 5.26. The number of thioether (sulfide) groups is 1. The molecule has 0 saturated carbocycles. The van der Waals surface area contributed by atoms with Gasteiger partial charge in [0.1, 0.15) is 11.2 Å². The van der Waals surface area contributed by atoms with Gasteiger partial charge < -0.3 is 4.90 Å². The van der Waals surface area contributed by atoms with Gasteiger partial charge in [-0.2, -0.15) is 0 Å². The van der Waals surface area contributed by atoms with Crippen molar-refractivity contribution in [1.29, 1.82) is 0 Å². The predicted molar refractivity (Wildman–Crippen MR) is 88.9 cm³/mol. The average Bonchev–Trinajstić information content (AvgIpc) is 3.10. The summed E-state index contributed by atoms with van der Waals surface area (Å²) in [4.78, 5) is 11.0. The summed E-state index contributed by atoms with van der Waals surface area (Å²) in [6, 6.07) is 1.81. The monoisotopic (exact) mass is 361 g/mol. The molecular formula is C13H10Cl2FN3S2. The van der Waals surface area contributed by atoms with Crippen molar-refractivity contribution in [1.82, 2.24) is 9.88 Å². The number of nitrogens with zero attached hydrogens (tertiary/aromatic N) is 3. The Hall–Kier alpha value is -0.560. The maximum Gasteiger partial charge on any atom is 0.184 e. The lowest BCUT2D eigenvalue weighted by Gasteiger charge is -2.16. The van der Waals surface area contributed by atoms with Crippen LogP contribution in [0.2, 0.25) is 9.49 Å². The quantitative estimate of drug-likeness (QED) is 0.719. The van der Waals surface area contributed by atoms with Crippen LogP contribution in [0.15, 0.2) is 11.1 Å². The maximum atomic E-state index is 14.3. The fraction of sp³-hybridized carbons (Fsp3) is 0.385. The molecular weight excluding hydrogens is 352 g/mol. The van der Waals surface area contributed by atoms with Crippen molar-refractivity contribution in [2.24, 2.45) is 4.99 Å². The Bertz CT molecular complexity index is 761. The van der Waals surface area contributed by atoms with Gasteiger partial charge in [-0.3, -0.25) is 0 Å². The van der Waals surface area contributed by atoms with Crippen molar-refractivity contribution < 1.29 is 4.39 Å². The maximum absolute atomic E-state index is 14.3. The van der Waals surface area contributed by atoms with Crippen LogP contribution in [-0.4, -0.2) is 33.4 Å². The normalized spacial score (nSPS) is 23.5. The zero-order chi connectivity index (χ0) is 14.6. The number of benzene rings is 1. The van der Waals surface area contributed by atoms with Crippen molar-refractivity contribution in [3.05, 3.63) is 21.4 Å². The van der Waals surface area contributed by atoms with Crippen LogP contribution in [0, 0.1) is 5.82 Å². The molecule has 0 radical (unpaired) electrons. The van der Waals surface area contributed by atoms with Crippen LogP contribution < -0.4 is 0 Å². The third-order valence-electron chi connectivity index (χ3n) is 3.76. The molecule has 0 spiro atoms. The van der Waals surface area contributed by atoms with Crippen molar-refractivity contribution in [2.45, 2.75) is 18.9 Å². The van der Waals surface area contributed by atoms with E-state index >= 15 is 0 Å². The SMILES string of the molecule is Fc1cc(Cl)c2nc(Cl)sc2c1/N=C1\SCC2CCCN12. The highest BCUT2D eigenvalue weighted by molar-refractivity contribution is 8.14. The number of rotatable bonds is 1. The van der Waals surface area contributed by atoms with Gasteiger partial charge in [0.05, 0.1) is 9.72 Å². The molecule has 1 atom stereocenters. The molecule has 0 bridgehead atoms. The molecule has 1 unspecified atom stereocenters. The standard InChI is InChI=1S/C13H10Cl2FN3S2/c14-7-4-8(16)10(11-9(7)17-12(15)21-11)18-13-19-3-1-2-6(19)5-20-13/h4,6H,1-3,5H2/b18-13-. The minimum absolute atomic E-state index is 0.271. The van der Waals surface area contributed by atoms with Gasteiger partial charge >= 0.3 is 0 Å². The second-order valence-corrected chi connectivity index (χ2v) is 8.00. The van der Waals surface area contributed by atoms with E-state index in [4.69, 9.17) is 23.2 Å². The average molecular weight is 362 g/mol. The molecule has 8 heteroatoms. The molecule has 1 aromatic carbocycles. The Kier molecular flexibility index (Phi) is 3.52. The zero-order valence-corrected chi connectivity index (χ0v) is 13.9. The summed E-state index contributed by atoms with van der Waals surface area (Å²) in [6.07, 6.45) is 2.37. The molecule has 2 saturated heterocycles. The molecule has 2 fully saturated rings. The zero-order valence-electron chi connectivity index (χ0n) is 10.8. The van der Waals surface area contributed by atoms with Crippen LogP contribution in [0.25, 0.3) is 10.2 Å². The smallest absolute Gasteiger partial charge is 0.184 e. The molecule has 4 rings (SSSR count). The van der Waals surface area contributed by atoms with Gasteiger partial charge in [-0.05, 0) is 18.9 Å². The molecule has 2 aromatic rings. The van der Waals surface area contributed by atoms with Crippen LogP contribution in [0.4, 0.5) is 10.1 Å². The molecule has 110 valence electrons. The number of hydrogen-bond acceptors (Lipinski definition) is 4. The summed E-state index contributed by atoms with van der Waals surface area (Å²) in [5.74, 6) is 0.601. The van der Waals surface area contributed by atoms with E-state index < -0.39 is 5.82 Å².